The van der Waals surface area contributed by atoms with Gasteiger partial charge in [-0.2, -0.15) is 10.1 Å². The quantitative estimate of drug-likeness (QED) is 0.444. The molecule has 2 aliphatic rings. The minimum atomic E-state index is -0.643. The van der Waals surface area contributed by atoms with Gasteiger partial charge in [-0.15, -0.1) is 0 Å². The molecule has 0 N–H and O–H groups in total. The van der Waals surface area contributed by atoms with Crippen molar-refractivity contribution in [3.63, 3.8) is 0 Å². The lowest BCUT2D eigenvalue weighted by atomic mass is 9.98. The molecule has 0 unspecified atom stereocenters. The fraction of sp³-hybridized carbons (Fsp3) is 0.185. The van der Waals surface area contributed by atoms with Crippen LogP contribution < -0.4 is 4.74 Å². The van der Waals surface area contributed by atoms with Crippen LogP contribution >= 0.6 is 11.8 Å². The van der Waals surface area contributed by atoms with E-state index in [0.29, 0.717) is 17.2 Å². The molecular formula is C27H22FN3O3S. The van der Waals surface area contributed by atoms with Crippen LogP contribution in [0.1, 0.15) is 40.4 Å². The number of amidine groups is 1. The molecule has 2 heterocycles. The summed E-state index contributed by atoms with van der Waals surface area (Å²) in [7, 11) is 1.62. The van der Waals surface area contributed by atoms with Crippen LogP contribution in [0.15, 0.2) is 89.0 Å². The number of halogens is 1. The maximum Gasteiger partial charge on any atom is 0.262 e. The highest BCUT2D eigenvalue weighted by Crippen LogP contribution is 2.39. The molecule has 0 aromatic heterocycles. The van der Waals surface area contributed by atoms with E-state index in [-0.39, 0.29) is 24.2 Å². The van der Waals surface area contributed by atoms with Gasteiger partial charge >= 0.3 is 0 Å². The molecule has 2 atom stereocenters. The summed E-state index contributed by atoms with van der Waals surface area (Å²) < 4.78 is 18.5. The van der Waals surface area contributed by atoms with Crippen LogP contribution in [-0.2, 0) is 4.79 Å². The van der Waals surface area contributed by atoms with Crippen molar-refractivity contribution in [2.24, 2.45) is 10.1 Å². The van der Waals surface area contributed by atoms with Crippen LogP contribution in [-0.4, -0.2) is 39.9 Å². The van der Waals surface area contributed by atoms with Gasteiger partial charge in [-0.3, -0.25) is 9.59 Å². The Labute approximate surface area is 206 Å². The number of ketones is 1. The van der Waals surface area contributed by atoms with Crippen molar-refractivity contribution in [3.8, 4) is 5.75 Å². The minimum absolute atomic E-state index is 0.0154. The molecule has 35 heavy (non-hydrogen) atoms. The number of rotatable bonds is 6. The SMILES string of the molecule is COc1ccc([C@H]2CC(c3ccccc3)=NN2C2=NC(=O)[C@H](CC(=O)c3ccc(F)cc3)S2)cc1. The van der Waals surface area contributed by atoms with E-state index in [4.69, 9.17) is 9.84 Å². The maximum atomic E-state index is 13.2. The first-order valence-corrected chi connectivity index (χ1v) is 12.0. The third kappa shape index (κ3) is 4.88. The van der Waals surface area contributed by atoms with Crippen molar-refractivity contribution in [2.75, 3.05) is 7.11 Å². The molecule has 1 amide bonds. The molecule has 176 valence electrons. The number of hydrogen-bond donors (Lipinski definition) is 0. The highest BCUT2D eigenvalue weighted by atomic mass is 32.2. The zero-order valence-electron chi connectivity index (χ0n) is 18.9. The average molecular weight is 488 g/mol. The predicted molar refractivity (Wildman–Crippen MR) is 134 cm³/mol. The first-order valence-electron chi connectivity index (χ1n) is 11.2. The number of carbonyl (C=O) groups is 2. The van der Waals surface area contributed by atoms with Crippen LogP contribution in [0, 0.1) is 5.82 Å². The zero-order valence-corrected chi connectivity index (χ0v) is 19.7. The molecule has 0 aliphatic carbocycles. The number of carbonyl (C=O) groups excluding carboxylic acids is 2. The number of ether oxygens (including phenoxy) is 1. The minimum Gasteiger partial charge on any atom is -0.497 e. The summed E-state index contributed by atoms with van der Waals surface area (Å²) in [5.74, 6) is -0.250. The van der Waals surface area contributed by atoms with Gasteiger partial charge in [-0.05, 0) is 47.5 Å². The lowest BCUT2D eigenvalue weighted by Crippen LogP contribution is -2.24. The Morgan fingerprint density at radius 3 is 2.46 bits per heavy atom. The number of hydrazone groups is 1. The van der Waals surface area contributed by atoms with E-state index in [1.165, 1.54) is 36.0 Å². The second kappa shape index (κ2) is 9.84. The van der Waals surface area contributed by atoms with E-state index in [0.717, 1.165) is 22.6 Å². The van der Waals surface area contributed by atoms with Gasteiger partial charge in [0.05, 0.1) is 18.9 Å². The number of amides is 1. The van der Waals surface area contributed by atoms with Crippen molar-refractivity contribution in [1.29, 1.82) is 0 Å². The highest BCUT2D eigenvalue weighted by molar-refractivity contribution is 8.15. The third-order valence-electron chi connectivity index (χ3n) is 5.98. The van der Waals surface area contributed by atoms with Crippen molar-refractivity contribution in [1.82, 2.24) is 5.01 Å². The standard InChI is InChI=1S/C27H22FN3O3S/c1-34-21-13-9-18(10-14-21)23-15-22(17-5-3-2-4-6-17)30-31(23)27-29-26(33)25(35-27)16-24(32)19-7-11-20(28)12-8-19/h2-14,23,25H,15-16H2,1H3/t23-,25+/m1/s1. The normalized spacial score (nSPS) is 19.5. The molecule has 2 aliphatic heterocycles. The van der Waals surface area contributed by atoms with E-state index in [9.17, 15) is 14.0 Å². The van der Waals surface area contributed by atoms with E-state index in [1.807, 2.05) is 54.6 Å². The Hall–Kier alpha value is -3.78. The fourth-order valence-corrected chi connectivity index (χ4v) is 5.17. The van der Waals surface area contributed by atoms with Gasteiger partial charge in [0.1, 0.15) is 16.8 Å². The van der Waals surface area contributed by atoms with E-state index < -0.39 is 11.1 Å². The van der Waals surface area contributed by atoms with Crippen molar-refractivity contribution in [3.05, 3.63) is 101 Å². The number of hydrogen-bond acceptors (Lipinski definition) is 6. The summed E-state index contributed by atoms with van der Waals surface area (Å²) in [6.07, 6.45) is 0.627. The predicted octanol–water partition coefficient (Wildman–Crippen LogP) is 5.26. The van der Waals surface area contributed by atoms with Gasteiger partial charge < -0.3 is 4.74 Å². The topological polar surface area (TPSA) is 71.3 Å². The number of aliphatic imine (C=N–C) groups is 1. The van der Waals surface area contributed by atoms with Crippen LogP contribution in [0.4, 0.5) is 4.39 Å². The average Bonchev–Trinajstić information content (AvgIpc) is 3.49. The highest BCUT2D eigenvalue weighted by Gasteiger charge is 2.39. The zero-order chi connectivity index (χ0) is 24.4. The van der Waals surface area contributed by atoms with Crippen molar-refractivity contribution in [2.45, 2.75) is 24.1 Å². The second-order valence-corrected chi connectivity index (χ2v) is 9.39. The Kier molecular flexibility index (Phi) is 6.46. The van der Waals surface area contributed by atoms with Crippen molar-refractivity contribution >= 4 is 34.3 Å². The molecule has 5 rings (SSSR count). The summed E-state index contributed by atoms with van der Waals surface area (Å²) in [6, 6.07) is 22.8. The molecule has 6 nitrogen and oxygen atoms in total. The van der Waals surface area contributed by atoms with Gasteiger partial charge in [0.2, 0.25) is 0 Å². The number of benzene rings is 3. The number of Topliss-reactive ketones (excluding diaryl/α,β-unsaturated/α-hetero) is 1. The smallest absolute Gasteiger partial charge is 0.262 e. The molecule has 0 spiro atoms. The van der Waals surface area contributed by atoms with Gasteiger partial charge in [0.25, 0.3) is 5.91 Å². The van der Waals surface area contributed by atoms with Gasteiger partial charge in [-0.1, -0.05) is 54.2 Å². The van der Waals surface area contributed by atoms with Gasteiger partial charge in [-0.25, -0.2) is 9.40 Å². The Balaban J connectivity index is 1.39. The first-order chi connectivity index (χ1) is 17.0. The number of thioether (sulfide) groups is 1. The molecule has 3 aromatic carbocycles. The van der Waals surface area contributed by atoms with Gasteiger partial charge in [0.15, 0.2) is 11.0 Å². The van der Waals surface area contributed by atoms with E-state index in [2.05, 4.69) is 4.99 Å². The molecule has 0 saturated carbocycles. The molecular weight excluding hydrogens is 465 g/mol. The second-order valence-electron chi connectivity index (χ2n) is 8.22. The monoisotopic (exact) mass is 487 g/mol. The van der Waals surface area contributed by atoms with Crippen LogP contribution in [0.5, 0.6) is 5.75 Å². The summed E-state index contributed by atoms with van der Waals surface area (Å²) in [6.45, 7) is 0. The molecule has 0 bridgehead atoms. The largest absolute Gasteiger partial charge is 0.497 e. The van der Waals surface area contributed by atoms with Crippen LogP contribution in [0.25, 0.3) is 0 Å². The molecule has 8 heteroatoms. The maximum absolute atomic E-state index is 13.2. The van der Waals surface area contributed by atoms with E-state index >= 15 is 0 Å². The Morgan fingerprint density at radius 1 is 1.06 bits per heavy atom. The first kappa shape index (κ1) is 23.0. The molecule has 0 fully saturated rings. The summed E-state index contributed by atoms with van der Waals surface area (Å²) in [5, 5.41) is 6.46. The summed E-state index contributed by atoms with van der Waals surface area (Å²) >= 11 is 1.25. The lowest BCUT2D eigenvalue weighted by molar-refractivity contribution is -0.117. The third-order valence-corrected chi connectivity index (χ3v) is 7.12. The van der Waals surface area contributed by atoms with Gasteiger partial charge in [0, 0.05) is 18.4 Å². The molecule has 0 saturated heterocycles. The summed E-state index contributed by atoms with van der Waals surface area (Å²) in [5.41, 5.74) is 3.29. The van der Waals surface area contributed by atoms with Crippen molar-refractivity contribution < 1.29 is 18.7 Å². The Bertz CT molecular complexity index is 1310. The number of methoxy groups -OCH3 is 1. The van der Waals surface area contributed by atoms with E-state index in [1.54, 1.807) is 12.1 Å². The molecule has 3 aromatic rings. The molecule has 0 radical (unpaired) electrons. The lowest BCUT2D eigenvalue weighted by Gasteiger charge is -2.23. The number of nitrogens with zero attached hydrogens (tertiary/aromatic N) is 3. The fourth-order valence-electron chi connectivity index (χ4n) is 4.10. The van der Waals surface area contributed by atoms with Crippen LogP contribution in [0.3, 0.4) is 0 Å². The van der Waals surface area contributed by atoms with Crippen LogP contribution in [0.2, 0.25) is 0 Å². The Morgan fingerprint density at radius 2 is 1.77 bits per heavy atom. The summed E-state index contributed by atoms with van der Waals surface area (Å²) in [4.78, 5) is 29.7.